The number of fused-ring (bicyclic) bond motifs is 1. The highest BCUT2D eigenvalue weighted by atomic mass is 16.6. The van der Waals surface area contributed by atoms with Crippen molar-refractivity contribution in [3.05, 3.63) is 24.3 Å². The van der Waals surface area contributed by atoms with Crippen LogP contribution in [0.3, 0.4) is 0 Å². The van der Waals surface area contributed by atoms with E-state index < -0.39 is 19.1 Å². The molecule has 134 valence electrons. The summed E-state index contributed by atoms with van der Waals surface area (Å²) in [4.78, 5) is 26.4. The number of aromatic nitrogens is 3. The maximum absolute atomic E-state index is 11.6. The van der Waals surface area contributed by atoms with E-state index >= 15 is 0 Å². The molecule has 2 aromatic rings. The number of carbonyl (C=O) groups excluding carboxylic acids is 2. The minimum absolute atomic E-state index is 0.0598. The number of unbranched alkanes of at least 4 members (excludes halogenated alkanes) is 1. The molecule has 8 nitrogen and oxygen atoms in total. The molecule has 0 unspecified atom stereocenters. The van der Waals surface area contributed by atoms with E-state index in [0.717, 1.165) is 17.5 Å². The second-order valence-electron chi connectivity index (χ2n) is 6.03. The Morgan fingerprint density at radius 1 is 1.08 bits per heavy atom. The minimum Gasteiger partial charge on any atom is -0.498 e. The Kier molecular flexibility index (Phi) is 5.86. The van der Waals surface area contributed by atoms with Crippen LogP contribution >= 0.6 is 0 Å². The molecule has 0 aliphatic carbocycles. The smallest absolute Gasteiger partial charge is 0.498 e. The van der Waals surface area contributed by atoms with Gasteiger partial charge in [0.1, 0.15) is 11.0 Å². The third kappa shape index (κ3) is 5.07. The minimum atomic E-state index is -0.936. The zero-order valence-electron chi connectivity index (χ0n) is 14.6. The fourth-order valence-electron chi connectivity index (χ4n) is 2.53. The van der Waals surface area contributed by atoms with Gasteiger partial charge in [-0.05, 0) is 25.6 Å². The lowest BCUT2D eigenvalue weighted by Gasteiger charge is -2.21. The van der Waals surface area contributed by atoms with Crippen LogP contribution < -0.4 is 0 Å². The van der Waals surface area contributed by atoms with Crippen LogP contribution in [0, 0.1) is 11.8 Å². The van der Waals surface area contributed by atoms with Crippen molar-refractivity contribution >= 4 is 30.1 Å². The summed E-state index contributed by atoms with van der Waals surface area (Å²) in [5, 5.41) is 8.77. The summed E-state index contributed by atoms with van der Waals surface area (Å²) in [5.74, 6) is 5.05. The molecule has 1 aliphatic heterocycles. The highest BCUT2D eigenvalue weighted by Crippen LogP contribution is 2.07. The molecule has 0 atom stereocenters. The number of benzene rings is 1. The second-order valence-corrected chi connectivity index (χ2v) is 6.03. The standard InChI is InChI=1S/C17H19BN4O4/c1-21-12-16(23)25-18(26-17(24)13-21)10-6-2-3-7-11-22-19-14-8-4-5-9-15(14)20-22/h4-5,8-9H,3,7,10-13H2,1H3. The number of nitrogens with zero attached hydrogens (tertiary/aromatic N) is 4. The van der Waals surface area contributed by atoms with E-state index in [-0.39, 0.29) is 19.4 Å². The molecule has 0 spiro atoms. The molecule has 2 heterocycles. The van der Waals surface area contributed by atoms with E-state index in [1.807, 2.05) is 24.3 Å². The Morgan fingerprint density at radius 2 is 1.69 bits per heavy atom. The van der Waals surface area contributed by atoms with Gasteiger partial charge in [-0.15, -0.1) is 11.8 Å². The van der Waals surface area contributed by atoms with Gasteiger partial charge in [-0.3, -0.25) is 14.5 Å². The molecule has 1 fully saturated rings. The molecule has 9 heteroatoms. The van der Waals surface area contributed by atoms with Gasteiger partial charge in [0.05, 0.1) is 26.0 Å². The Balaban J connectivity index is 1.43. The molecule has 1 aromatic heterocycles. The van der Waals surface area contributed by atoms with Crippen molar-refractivity contribution in [1.29, 1.82) is 0 Å². The Bertz CT molecular complexity index is 804. The van der Waals surface area contributed by atoms with E-state index in [1.165, 1.54) is 0 Å². The Labute approximate surface area is 151 Å². The summed E-state index contributed by atoms with van der Waals surface area (Å²) in [6.07, 6.45) is 1.61. The normalized spacial score (nSPS) is 15.7. The summed E-state index contributed by atoms with van der Waals surface area (Å²) in [6.45, 7) is 0.789. The first-order chi connectivity index (χ1) is 12.6. The van der Waals surface area contributed by atoms with Crippen molar-refractivity contribution < 1.29 is 18.9 Å². The molecular formula is C17H19BN4O4. The number of hydrogen-bond donors (Lipinski definition) is 0. The van der Waals surface area contributed by atoms with Gasteiger partial charge in [0.2, 0.25) is 0 Å². The van der Waals surface area contributed by atoms with Crippen LogP contribution in [0.5, 0.6) is 0 Å². The lowest BCUT2D eigenvalue weighted by molar-refractivity contribution is -0.145. The number of rotatable bonds is 4. The molecule has 0 N–H and O–H groups in total. The van der Waals surface area contributed by atoms with Crippen LogP contribution in [0.1, 0.15) is 12.8 Å². The second kappa shape index (κ2) is 8.49. The highest BCUT2D eigenvalue weighted by molar-refractivity contribution is 6.50. The molecule has 0 bridgehead atoms. The number of aryl methyl sites for hydroxylation is 1. The fourth-order valence-corrected chi connectivity index (χ4v) is 2.53. The van der Waals surface area contributed by atoms with E-state index in [2.05, 4.69) is 22.0 Å². The molecule has 0 radical (unpaired) electrons. The summed E-state index contributed by atoms with van der Waals surface area (Å²) in [5.41, 5.74) is 1.74. The van der Waals surface area contributed by atoms with Gasteiger partial charge < -0.3 is 9.31 Å². The van der Waals surface area contributed by atoms with E-state index in [1.54, 1.807) is 16.7 Å². The SMILES string of the molecule is CN1CC(=O)OB(CC#CCCCn2nc3ccccc3n2)OC(=O)C1. The van der Waals surface area contributed by atoms with Gasteiger partial charge >= 0.3 is 19.1 Å². The molecule has 1 aromatic carbocycles. The summed E-state index contributed by atoms with van der Waals surface area (Å²) < 4.78 is 10.2. The molecule has 1 aliphatic rings. The third-order valence-corrected chi connectivity index (χ3v) is 3.71. The molecular weight excluding hydrogens is 335 g/mol. The van der Waals surface area contributed by atoms with Gasteiger partial charge in [0.15, 0.2) is 0 Å². The first-order valence-electron chi connectivity index (χ1n) is 8.43. The topological polar surface area (TPSA) is 86.6 Å². The van der Waals surface area contributed by atoms with Crippen LogP contribution in [0.4, 0.5) is 0 Å². The van der Waals surface area contributed by atoms with E-state index in [9.17, 15) is 9.59 Å². The lowest BCUT2D eigenvalue weighted by atomic mass is 9.84. The highest BCUT2D eigenvalue weighted by Gasteiger charge is 2.30. The average Bonchev–Trinajstić information content (AvgIpc) is 2.98. The van der Waals surface area contributed by atoms with Crippen LogP contribution in [0.15, 0.2) is 24.3 Å². The van der Waals surface area contributed by atoms with Gasteiger partial charge in [-0.25, -0.2) is 0 Å². The zero-order chi connectivity index (χ0) is 18.4. The predicted molar refractivity (Wildman–Crippen MR) is 94.8 cm³/mol. The molecule has 3 rings (SSSR count). The van der Waals surface area contributed by atoms with Crippen LogP contribution in [-0.2, 0) is 25.4 Å². The first-order valence-corrected chi connectivity index (χ1v) is 8.43. The van der Waals surface area contributed by atoms with Crippen molar-refractivity contribution in [3.8, 4) is 11.8 Å². The molecule has 1 saturated heterocycles. The van der Waals surface area contributed by atoms with Gasteiger partial charge in [0, 0.05) is 6.42 Å². The number of carbonyl (C=O) groups is 2. The van der Waals surface area contributed by atoms with Crippen LogP contribution in [-0.4, -0.2) is 59.1 Å². The summed E-state index contributed by atoms with van der Waals surface area (Å²) >= 11 is 0. The number of likely N-dealkylation sites (N-methyl/N-ethyl adjacent to an activating group) is 1. The van der Waals surface area contributed by atoms with Crippen molar-refractivity contribution in [2.75, 3.05) is 20.1 Å². The van der Waals surface area contributed by atoms with Crippen molar-refractivity contribution in [2.45, 2.75) is 25.7 Å². The van der Waals surface area contributed by atoms with Crippen molar-refractivity contribution in [3.63, 3.8) is 0 Å². The van der Waals surface area contributed by atoms with Gasteiger partial charge in [-0.2, -0.15) is 15.0 Å². The zero-order valence-corrected chi connectivity index (χ0v) is 14.6. The van der Waals surface area contributed by atoms with E-state index in [0.29, 0.717) is 13.0 Å². The van der Waals surface area contributed by atoms with Gasteiger partial charge in [0.25, 0.3) is 0 Å². The summed E-state index contributed by atoms with van der Waals surface area (Å²) in [6, 6.07) is 7.71. The Hall–Kier alpha value is -2.86. The Morgan fingerprint density at radius 3 is 2.31 bits per heavy atom. The fraction of sp³-hybridized carbons (Fsp3) is 0.412. The van der Waals surface area contributed by atoms with Crippen LogP contribution in [0.2, 0.25) is 6.32 Å². The van der Waals surface area contributed by atoms with E-state index in [4.69, 9.17) is 9.31 Å². The van der Waals surface area contributed by atoms with Crippen molar-refractivity contribution in [1.82, 2.24) is 19.9 Å². The maximum Gasteiger partial charge on any atom is 0.611 e. The van der Waals surface area contributed by atoms with Crippen molar-refractivity contribution in [2.24, 2.45) is 0 Å². The monoisotopic (exact) mass is 354 g/mol. The number of hydrogen-bond acceptors (Lipinski definition) is 7. The third-order valence-electron chi connectivity index (χ3n) is 3.71. The van der Waals surface area contributed by atoms with Crippen LogP contribution in [0.25, 0.3) is 11.0 Å². The molecule has 26 heavy (non-hydrogen) atoms. The first kappa shape index (κ1) is 18.0. The molecule has 0 saturated carbocycles. The largest absolute Gasteiger partial charge is 0.611 e. The summed E-state index contributed by atoms with van der Waals surface area (Å²) in [7, 11) is 0.717. The lowest BCUT2D eigenvalue weighted by Crippen LogP contribution is -2.42. The maximum atomic E-state index is 11.6. The quantitative estimate of drug-likeness (QED) is 0.455. The average molecular weight is 354 g/mol. The predicted octanol–water partition coefficient (Wildman–Crippen LogP) is 0.735. The molecule has 0 amide bonds. The van der Waals surface area contributed by atoms with Gasteiger partial charge in [-0.1, -0.05) is 12.1 Å².